The first-order valence-electron chi connectivity index (χ1n) is 15.0. The number of fused-ring (bicyclic) bond motifs is 3. The van der Waals surface area contributed by atoms with Crippen LogP contribution in [0.25, 0.3) is 0 Å². The van der Waals surface area contributed by atoms with Crippen LogP contribution in [-0.2, 0) is 30.2 Å². The fourth-order valence-corrected chi connectivity index (χ4v) is 7.14. The molecule has 0 unspecified atom stereocenters. The first-order valence-corrected chi connectivity index (χ1v) is 15.0. The monoisotopic (exact) mass is 643 g/mol. The summed E-state index contributed by atoms with van der Waals surface area (Å²) in [6.07, 6.45) is -5.46. The number of hydrogen-bond donors (Lipinski definition) is 5. The summed E-state index contributed by atoms with van der Waals surface area (Å²) < 4.78 is 28.6. The van der Waals surface area contributed by atoms with Gasteiger partial charge in [-0.15, -0.1) is 0 Å². The maximum absolute atomic E-state index is 13.9. The minimum Gasteiger partial charge on any atom is -0.507 e. The minimum atomic E-state index is -2.26. The second-order valence-electron chi connectivity index (χ2n) is 12.1. The maximum atomic E-state index is 13.9. The Labute approximate surface area is 264 Å². The third-order valence-corrected chi connectivity index (χ3v) is 9.53. The summed E-state index contributed by atoms with van der Waals surface area (Å²) in [5.74, 6) is -3.75. The van der Waals surface area contributed by atoms with Gasteiger partial charge < -0.3 is 49.2 Å². The summed E-state index contributed by atoms with van der Waals surface area (Å²) in [6.45, 7) is 1.88. The molecule has 248 valence electrons. The zero-order chi connectivity index (χ0) is 33.1. The second kappa shape index (κ2) is 12.3. The maximum Gasteiger partial charge on any atom is 0.202 e. The number of benzene rings is 2. The van der Waals surface area contributed by atoms with E-state index in [2.05, 4.69) is 0 Å². The van der Waals surface area contributed by atoms with Crippen LogP contribution in [0.15, 0.2) is 18.2 Å². The van der Waals surface area contributed by atoms with Crippen molar-refractivity contribution in [3.8, 4) is 17.2 Å². The van der Waals surface area contributed by atoms with E-state index in [1.165, 1.54) is 32.4 Å². The number of Topliss-reactive ketones (excluding diaryl/α,β-unsaturated/α-hetero) is 1. The van der Waals surface area contributed by atoms with E-state index in [4.69, 9.17) is 23.7 Å². The Hall–Kier alpha value is -3.47. The highest BCUT2D eigenvalue weighted by Crippen LogP contribution is 2.52. The molecule has 0 bridgehead atoms. The minimum absolute atomic E-state index is 0.0511. The lowest BCUT2D eigenvalue weighted by Gasteiger charge is -2.47. The van der Waals surface area contributed by atoms with E-state index >= 15 is 0 Å². The van der Waals surface area contributed by atoms with E-state index < -0.39 is 102 Å². The molecule has 0 radical (unpaired) electrons. The number of aliphatic hydroxyl groups excluding tert-OH is 2. The first kappa shape index (κ1) is 32.5. The third-order valence-electron chi connectivity index (χ3n) is 9.53. The van der Waals surface area contributed by atoms with E-state index in [1.807, 2.05) is 4.90 Å². The van der Waals surface area contributed by atoms with Gasteiger partial charge in [-0.1, -0.05) is 12.1 Å². The van der Waals surface area contributed by atoms with Crippen LogP contribution in [0.4, 0.5) is 0 Å². The zero-order valence-corrected chi connectivity index (χ0v) is 25.6. The number of ketones is 3. The van der Waals surface area contributed by atoms with Gasteiger partial charge in [0.2, 0.25) is 5.78 Å². The SMILES string of the molecule is COc1cccc2c1C(=O)c1c(O)c3c(c(O)c1C2=O)C[C@@](O)(C(=O)CO)C[C@@H]3O[C@@H]1C[C@H](N2CCO[C@@H](OC)C2)[C@@H](O)[C@@H](C)O1. The molecule has 14 nitrogen and oxygen atoms in total. The Morgan fingerprint density at radius 2 is 1.83 bits per heavy atom. The largest absolute Gasteiger partial charge is 0.507 e. The fraction of sp³-hybridized carbons (Fsp3) is 0.531. The Kier molecular flexibility index (Phi) is 8.67. The van der Waals surface area contributed by atoms with Crippen LogP contribution >= 0.6 is 0 Å². The zero-order valence-electron chi connectivity index (χ0n) is 25.6. The molecule has 2 aromatic carbocycles. The molecule has 0 aromatic heterocycles. The lowest BCUT2D eigenvalue weighted by atomic mass is 9.72. The molecule has 2 aliphatic carbocycles. The lowest BCUT2D eigenvalue weighted by Crippen LogP contribution is -2.59. The van der Waals surface area contributed by atoms with Crippen LogP contribution in [0.1, 0.15) is 68.8 Å². The predicted molar refractivity (Wildman–Crippen MR) is 156 cm³/mol. The number of morpholine rings is 1. The molecule has 5 N–H and O–H groups in total. The van der Waals surface area contributed by atoms with Crippen molar-refractivity contribution in [1.29, 1.82) is 0 Å². The highest BCUT2D eigenvalue weighted by molar-refractivity contribution is 6.31. The molecule has 46 heavy (non-hydrogen) atoms. The van der Waals surface area contributed by atoms with Gasteiger partial charge in [-0.2, -0.15) is 0 Å². The second-order valence-corrected chi connectivity index (χ2v) is 12.1. The molecule has 6 rings (SSSR count). The standard InChI is InChI=1S/C32H37NO13/c1-14-27(36)17(33-7-8-44-22(12-33)43-3)9-21(45-14)46-19-11-32(41,20(35)13-34)10-16-24(19)31(40)26-25(29(16)38)28(37)15-5-4-6-18(42-2)23(15)30(26)39/h4-6,14,17,19,21-22,27,34,36,38,40-41H,7-13H2,1-3H3/t14-,17+,19+,21-,22-,27+,32+/m1/s1. The van der Waals surface area contributed by atoms with Crippen molar-refractivity contribution < 1.29 is 63.6 Å². The Bertz CT molecular complexity index is 1580. The van der Waals surface area contributed by atoms with Crippen LogP contribution in [0.3, 0.4) is 0 Å². The lowest BCUT2D eigenvalue weighted by molar-refractivity contribution is -0.266. The Balaban J connectivity index is 1.43. The number of methoxy groups -OCH3 is 2. The fourth-order valence-electron chi connectivity index (χ4n) is 7.14. The number of hydrogen-bond acceptors (Lipinski definition) is 14. The highest BCUT2D eigenvalue weighted by atomic mass is 16.7. The van der Waals surface area contributed by atoms with Gasteiger partial charge in [-0.3, -0.25) is 19.3 Å². The summed E-state index contributed by atoms with van der Waals surface area (Å²) in [6, 6.07) is 3.93. The Morgan fingerprint density at radius 3 is 2.52 bits per heavy atom. The molecule has 14 heteroatoms. The van der Waals surface area contributed by atoms with E-state index in [-0.39, 0.29) is 34.4 Å². The van der Waals surface area contributed by atoms with E-state index in [1.54, 1.807) is 6.92 Å². The number of rotatable bonds is 7. The van der Waals surface area contributed by atoms with Crippen LogP contribution in [0.5, 0.6) is 17.2 Å². The predicted octanol–water partition coefficient (Wildman–Crippen LogP) is 0.347. The van der Waals surface area contributed by atoms with Crippen molar-refractivity contribution in [2.45, 2.75) is 68.7 Å². The summed E-state index contributed by atoms with van der Waals surface area (Å²) in [4.78, 5) is 42.4. The van der Waals surface area contributed by atoms with Gasteiger partial charge in [-0.05, 0) is 13.0 Å². The van der Waals surface area contributed by atoms with Crippen LogP contribution < -0.4 is 4.74 Å². The third kappa shape index (κ3) is 5.18. The van der Waals surface area contributed by atoms with Crippen molar-refractivity contribution in [1.82, 2.24) is 4.90 Å². The normalized spacial score (nSPS) is 31.2. The number of aliphatic hydroxyl groups is 3. The topological polar surface area (TPSA) is 202 Å². The van der Waals surface area contributed by atoms with E-state index in [0.717, 1.165) is 0 Å². The van der Waals surface area contributed by atoms with Gasteiger partial charge in [0.15, 0.2) is 24.1 Å². The van der Waals surface area contributed by atoms with Gasteiger partial charge >= 0.3 is 0 Å². The summed E-state index contributed by atoms with van der Waals surface area (Å²) in [5.41, 5.74) is -3.62. The number of aromatic hydroxyl groups is 2. The van der Waals surface area contributed by atoms with Crippen molar-refractivity contribution in [2.24, 2.45) is 0 Å². The van der Waals surface area contributed by atoms with Crippen molar-refractivity contribution in [3.63, 3.8) is 0 Å². The summed E-state index contributed by atoms with van der Waals surface area (Å²) >= 11 is 0. The summed E-state index contributed by atoms with van der Waals surface area (Å²) in [5, 5.41) is 55.5. The van der Waals surface area contributed by atoms with Crippen molar-refractivity contribution in [3.05, 3.63) is 51.6 Å². The van der Waals surface area contributed by atoms with Gasteiger partial charge in [0.05, 0.1) is 48.7 Å². The van der Waals surface area contributed by atoms with Gasteiger partial charge in [0.25, 0.3) is 0 Å². The van der Waals surface area contributed by atoms with E-state index in [0.29, 0.717) is 19.7 Å². The smallest absolute Gasteiger partial charge is 0.202 e. The number of phenols is 2. The number of carbonyl (C=O) groups excluding carboxylic acids is 3. The molecule has 4 aliphatic rings. The number of carbonyl (C=O) groups is 3. The Morgan fingerprint density at radius 1 is 1.09 bits per heavy atom. The molecular weight excluding hydrogens is 606 g/mol. The molecular formula is C32H37NO13. The number of nitrogens with zero attached hydrogens (tertiary/aromatic N) is 1. The first-order chi connectivity index (χ1) is 21.9. The average molecular weight is 644 g/mol. The van der Waals surface area contributed by atoms with Crippen LogP contribution in [0.2, 0.25) is 0 Å². The summed E-state index contributed by atoms with van der Waals surface area (Å²) in [7, 11) is 2.85. The molecule has 0 spiro atoms. The number of ether oxygens (including phenoxy) is 5. The molecule has 0 saturated carbocycles. The van der Waals surface area contributed by atoms with Gasteiger partial charge in [0, 0.05) is 62.2 Å². The van der Waals surface area contributed by atoms with Crippen LogP contribution in [-0.4, -0.2) is 125 Å². The van der Waals surface area contributed by atoms with Crippen LogP contribution in [0, 0.1) is 0 Å². The number of phenolic OH excluding ortho intramolecular Hbond substituents is 2. The van der Waals surface area contributed by atoms with Crippen molar-refractivity contribution >= 4 is 17.3 Å². The van der Waals surface area contributed by atoms with E-state index in [9.17, 15) is 39.9 Å². The molecule has 2 heterocycles. The highest BCUT2D eigenvalue weighted by Gasteiger charge is 2.50. The molecule has 2 fully saturated rings. The van der Waals surface area contributed by atoms with Gasteiger partial charge in [-0.25, -0.2) is 0 Å². The quantitative estimate of drug-likeness (QED) is 0.221. The van der Waals surface area contributed by atoms with Gasteiger partial charge in [0.1, 0.15) is 29.5 Å². The molecule has 2 saturated heterocycles. The molecule has 0 amide bonds. The molecule has 2 aromatic rings. The average Bonchev–Trinajstić information content (AvgIpc) is 3.05. The molecule has 7 atom stereocenters. The van der Waals surface area contributed by atoms with Crippen molar-refractivity contribution in [2.75, 3.05) is 40.5 Å². The molecule has 2 aliphatic heterocycles.